The minimum atomic E-state index is 0.503. The van der Waals surface area contributed by atoms with E-state index in [-0.39, 0.29) is 0 Å². The predicted molar refractivity (Wildman–Crippen MR) is 74.9 cm³/mol. The van der Waals surface area contributed by atoms with Gasteiger partial charge in [-0.15, -0.1) is 11.3 Å². The average molecular weight is 264 g/mol. The molecule has 88 valence electrons. The lowest BCUT2D eigenvalue weighted by atomic mass is 10.0. The Morgan fingerprint density at radius 2 is 2.24 bits per heavy atom. The van der Waals surface area contributed by atoms with Gasteiger partial charge in [0.25, 0.3) is 0 Å². The van der Waals surface area contributed by atoms with Crippen molar-refractivity contribution in [1.82, 2.24) is 5.32 Å². The Balaban J connectivity index is 2.15. The van der Waals surface area contributed by atoms with E-state index in [0.29, 0.717) is 6.04 Å². The van der Waals surface area contributed by atoms with Crippen molar-refractivity contribution in [2.45, 2.75) is 18.9 Å². The van der Waals surface area contributed by atoms with Gasteiger partial charge in [0.05, 0.1) is 9.90 Å². The van der Waals surface area contributed by atoms with Gasteiger partial charge < -0.3 is 5.32 Å². The molecule has 0 saturated heterocycles. The van der Waals surface area contributed by atoms with Crippen LogP contribution in [0.5, 0.6) is 0 Å². The smallest absolute Gasteiger partial charge is 0.0592 e. The van der Waals surface area contributed by atoms with Crippen LogP contribution in [-0.4, -0.2) is 7.05 Å². The first-order valence-electron chi connectivity index (χ1n) is 5.83. The third kappa shape index (κ3) is 1.81. The number of hydrogen-bond donors (Lipinski definition) is 1. The molecule has 0 bridgehead atoms. The fraction of sp³-hybridized carbons (Fsp3) is 0.286. The van der Waals surface area contributed by atoms with Gasteiger partial charge in [0.1, 0.15) is 0 Å². The molecule has 2 aromatic rings. The summed E-state index contributed by atoms with van der Waals surface area (Å²) in [4.78, 5) is 1.21. The van der Waals surface area contributed by atoms with Crippen molar-refractivity contribution in [3.05, 3.63) is 45.8 Å². The minimum absolute atomic E-state index is 0.503. The zero-order valence-electron chi connectivity index (χ0n) is 9.66. The summed E-state index contributed by atoms with van der Waals surface area (Å²) in [6, 6.07) is 9.04. The van der Waals surface area contributed by atoms with Crippen LogP contribution in [0, 0.1) is 0 Å². The normalized spacial score (nSPS) is 18.4. The van der Waals surface area contributed by atoms with E-state index in [4.69, 9.17) is 11.6 Å². The molecule has 1 aromatic carbocycles. The van der Waals surface area contributed by atoms with Gasteiger partial charge in [-0.2, -0.15) is 0 Å². The maximum atomic E-state index is 6.24. The second-order valence-corrected chi connectivity index (χ2v) is 5.67. The molecule has 1 unspecified atom stereocenters. The number of nitrogens with one attached hydrogen (secondary N) is 1. The van der Waals surface area contributed by atoms with Gasteiger partial charge in [-0.05, 0) is 48.0 Å². The summed E-state index contributed by atoms with van der Waals surface area (Å²) in [7, 11) is 2.03. The molecular weight excluding hydrogens is 250 g/mol. The summed E-state index contributed by atoms with van der Waals surface area (Å²) in [5.74, 6) is 0. The van der Waals surface area contributed by atoms with E-state index in [1.807, 2.05) is 13.1 Å². The Morgan fingerprint density at radius 1 is 1.35 bits per heavy atom. The topological polar surface area (TPSA) is 12.0 Å². The van der Waals surface area contributed by atoms with Gasteiger partial charge in [-0.3, -0.25) is 0 Å². The number of hydrogen-bond acceptors (Lipinski definition) is 2. The number of benzene rings is 1. The standard InChI is InChI=1S/C14H14ClNS/c1-16-13-6-5-9-10(13)3-2-4-11(9)14-12(15)7-8-17-14/h2-4,7-8,13,16H,5-6H2,1H3. The van der Waals surface area contributed by atoms with Crippen LogP contribution in [0.2, 0.25) is 5.02 Å². The Morgan fingerprint density at radius 3 is 2.94 bits per heavy atom. The second-order valence-electron chi connectivity index (χ2n) is 4.35. The van der Waals surface area contributed by atoms with Gasteiger partial charge in [0.2, 0.25) is 0 Å². The molecule has 0 amide bonds. The van der Waals surface area contributed by atoms with E-state index < -0.39 is 0 Å². The molecule has 0 saturated carbocycles. The predicted octanol–water partition coefficient (Wildman–Crippen LogP) is 4.28. The molecule has 3 rings (SSSR count). The Kier molecular flexibility index (Phi) is 2.95. The summed E-state index contributed by atoms with van der Waals surface area (Å²) in [5.41, 5.74) is 4.23. The monoisotopic (exact) mass is 263 g/mol. The average Bonchev–Trinajstić information content (AvgIpc) is 2.94. The van der Waals surface area contributed by atoms with E-state index in [0.717, 1.165) is 11.4 Å². The summed E-state index contributed by atoms with van der Waals surface area (Å²) in [5, 5.41) is 6.31. The van der Waals surface area contributed by atoms with Gasteiger partial charge in [0, 0.05) is 6.04 Å². The molecule has 1 heterocycles. The molecule has 0 aliphatic heterocycles. The van der Waals surface area contributed by atoms with E-state index in [9.17, 15) is 0 Å². The van der Waals surface area contributed by atoms with Crippen molar-refractivity contribution in [1.29, 1.82) is 0 Å². The maximum Gasteiger partial charge on any atom is 0.0592 e. The molecule has 1 N–H and O–H groups in total. The highest BCUT2D eigenvalue weighted by atomic mass is 35.5. The Bertz CT molecular complexity index is 547. The van der Waals surface area contributed by atoms with Crippen molar-refractivity contribution in [2.24, 2.45) is 0 Å². The highest BCUT2D eigenvalue weighted by Crippen LogP contribution is 2.41. The van der Waals surface area contributed by atoms with Crippen molar-refractivity contribution in [3.63, 3.8) is 0 Å². The second kappa shape index (κ2) is 4.45. The zero-order chi connectivity index (χ0) is 11.8. The van der Waals surface area contributed by atoms with Crippen LogP contribution in [0.4, 0.5) is 0 Å². The number of rotatable bonds is 2. The highest BCUT2D eigenvalue weighted by molar-refractivity contribution is 7.14. The molecule has 3 heteroatoms. The number of thiophene rings is 1. The molecule has 1 atom stereocenters. The summed E-state index contributed by atoms with van der Waals surface area (Å²) >= 11 is 7.97. The summed E-state index contributed by atoms with van der Waals surface area (Å²) in [6.07, 6.45) is 2.33. The molecule has 1 nitrogen and oxygen atoms in total. The lowest BCUT2D eigenvalue weighted by Gasteiger charge is -2.11. The zero-order valence-corrected chi connectivity index (χ0v) is 11.2. The van der Waals surface area contributed by atoms with E-state index >= 15 is 0 Å². The van der Waals surface area contributed by atoms with Gasteiger partial charge in [0.15, 0.2) is 0 Å². The Labute approximate surface area is 110 Å². The lowest BCUT2D eigenvalue weighted by molar-refractivity contribution is 0.590. The van der Waals surface area contributed by atoms with E-state index in [1.54, 1.807) is 11.3 Å². The first-order chi connectivity index (χ1) is 8.31. The fourth-order valence-electron chi connectivity index (χ4n) is 2.65. The van der Waals surface area contributed by atoms with Crippen molar-refractivity contribution >= 4 is 22.9 Å². The summed E-state index contributed by atoms with van der Waals surface area (Å²) < 4.78 is 0. The van der Waals surface area contributed by atoms with Gasteiger partial charge in [-0.25, -0.2) is 0 Å². The number of fused-ring (bicyclic) bond motifs is 1. The fourth-order valence-corrected chi connectivity index (χ4v) is 3.86. The SMILES string of the molecule is CNC1CCc2c(-c3sccc3Cl)cccc21. The number of halogens is 1. The Hall–Kier alpha value is -0.830. The molecule has 1 aromatic heterocycles. The van der Waals surface area contributed by atoms with Crippen LogP contribution in [0.25, 0.3) is 10.4 Å². The highest BCUT2D eigenvalue weighted by Gasteiger charge is 2.24. The molecule has 0 spiro atoms. The third-order valence-corrected chi connectivity index (χ3v) is 4.86. The van der Waals surface area contributed by atoms with Crippen LogP contribution in [0.15, 0.2) is 29.6 Å². The van der Waals surface area contributed by atoms with Crippen LogP contribution >= 0.6 is 22.9 Å². The summed E-state index contributed by atoms with van der Waals surface area (Å²) in [6.45, 7) is 0. The largest absolute Gasteiger partial charge is 0.313 e. The van der Waals surface area contributed by atoms with Crippen LogP contribution in [0.1, 0.15) is 23.6 Å². The molecule has 1 aliphatic carbocycles. The van der Waals surface area contributed by atoms with E-state index in [2.05, 4.69) is 28.9 Å². The van der Waals surface area contributed by atoms with E-state index in [1.165, 1.54) is 28.0 Å². The molecular formula is C14H14ClNS. The third-order valence-electron chi connectivity index (χ3n) is 3.48. The maximum absolute atomic E-state index is 6.24. The molecule has 0 radical (unpaired) electrons. The van der Waals surface area contributed by atoms with Gasteiger partial charge in [-0.1, -0.05) is 29.8 Å². The molecule has 0 fully saturated rings. The van der Waals surface area contributed by atoms with Crippen molar-refractivity contribution in [3.8, 4) is 10.4 Å². The van der Waals surface area contributed by atoms with Crippen molar-refractivity contribution < 1.29 is 0 Å². The van der Waals surface area contributed by atoms with Crippen LogP contribution < -0.4 is 5.32 Å². The quantitative estimate of drug-likeness (QED) is 0.853. The molecule has 1 aliphatic rings. The minimum Gasteiger partial charge on any atom is -0.313 e. The van der Waals surface area contributed by atoms with Crippen LogP contribution in [0.3, 0.4) is 0 Å². The molecule has 17 heavy (non-hydrogen) atoms. The van der Waals surface area contributed by atoms with Crippen molar-refractivity contribution in [2.75, 3.05) is 7.05 Å². The van der Waals surface area contributed by atoms with Gasteiger partial charge >= 0.3 is 0 Å². The first-order valence-corrected chi connectivity index (χ1v) is 7.09. The lowest BCUT2D eigenvalue weighted by Crippen LogP contribution is -2.12. The van der Waals surface area contributed by atoms with Crippen LogP contribution in [-0.2, 0) is 6.42 Å². The first kappa shape index (κ1) is 11.3.